The van der Waals surface area contributed by atoms with Crippen LogP contribution in [0.2, 0.25) is 0 Å². The Morgan fingerprint density at radius 2 is 1.60 bits per heavy atom. The number of hydrogen-bond donors (Lipinski definition) is 3. The first kappa shape index (κ1) is 13.9. The van der Waals surface area contributed by atoms with Crippen molar-refractivity contribution in [3.63, 3.8) is 0 Å². The van der Waals surface area contributed by atoms with Crippen molar-refractivity contribution in [1.29, 1.82) is 0 Å². The first-order valence-corrected chi connectivity index (χ1v) is 5.30. The minimum Gasteiger partial charge on any atom is -0.355 e. The predicted octanol–water partition coefficient (Wildman–Crippen LogP) is -0.516. The Morgan fingerprint density at radius 1 is 1.07 bits per heavy atom. The summed E-state index contributed by atoms with van der Waals surface area (Å²) in [5.41, 5.74) is 0. The zero-order valence-corrected chi connectivity index (χ0v) is 9.72. The van der Waals surface area contributed by atoms with Gasteiger partial charge in [0.15, 0.2) is 0 Å². The monoisotopic (exact) mass is 215 g/mol. The highest BCUT2D eigenvalue weighted by Gasteiger charge is 2.03. The summed E-state index contributed by atoms with van der Waals surface area (Å²) in [4.78, 5) is 22.2. The second-order valence-corrected chi connectivity index (χ2v) is 3.75. The van der Waals surface area contributed by atoms with Gasteiger partial charge in [-0.25, -0.2) is 0 Å². The van der Waals surface area contributed by atoms with Crippen LogP contribution in [0.25, 0.3) is 0 Å². The summed E-state index contributed by atoms with van der Waals surface area (Å²) in [6.07, 6.45) is 0. The van der Waals surface area contributed by atoms with Crippen molar-refractivity contribution in [3.8, 4) is 0 Å². The van der Waals surface area contributed by atoms with Gasteiger partial charge in [-0.3, -0.25) is 14.9 Å². The summed E-state index contributed by atoms with van der Waals surface area (Å²) in [7, 11) is 0. The average Bonchev–Trinajstić information content (AvgIpc) is 2.15. The molecule has 88 valence electrons. The first-order valence-electron chi connectivity index (χ1n) is 5.30. The van der Waals surface area contributed by atoms with Crippen molar-refractivity contribution < 1.29 is 9.59 Å². The van der Waals surface area contributed by atoms with Gasteiger partial charge in [0.25, 0.3) is 0 Å². The fourth-order valence-electron chi connectivity index (χ4n) is 0.930. The van der Waals surface area contributed by atoms with Gasteiger partial charge in [0.05, 0.1) is 13.1 Å². The van der Waals surface area contributed by atoms with Gasteiger partial charge in [-0.2, -0.15) is 0 Å². The molecule has 0 bridgehead atoms. The molecule has 0 radical (unpaired) electrons. The summed E-state index contributed by atoms with van der Waals surface area (Å²) in [5, 5.41) is 8.16. The molecule has 0 heterocycles. The molecular weight excluding hydrogens is 194 g/mol. The molecule has 0 aliphatic carbocycles. The second kappa shape index (κ2) is 8.23. The zero-order valence-electron chi connectivity index (χ0n) is 9.72. The van der Waals surface area contributed by atoms with Gasteiger partial charge in [-0.05, 0) is 12.8 Å². The number of rotatable bonds is 7. The molecule has 0 aromatic heterocycles. The minimum absolute atomic E-state index is 0.0759. The smallest absolute Gasteiger partial charge is 0.233 e. The highest BCUT2D eigenvalue weighted by atomic mass is 16.2. The van der Waals surface area contributed by atoms with Gasteiger partial charge in [0.1, 0.15) is 0 Å². The molecule has 2 amide bonds. The van der Waals surface area contributed by atoms with Gasteiger partial charge >= 0.3 is 0 Å². The van der Waals surface area contributed by atoms with E-state index in [-0.39, 0.29) is 24.9 Å². The fourth-order valence-corrected chi connectivity index (χ4v) is 0.930. The molecule has 0 saturated heterocycles. The van der Waals surface area contributed by atoms with Crippen LogP contribution in [-0.4, -0.2) is 38.0 Å². The molecular formula is C10H21N3O2. The molecule has 0 spiro atoms. The molecule has 0 rings (SSSR count). The summed E-state index contributed by atoms with van der Waals surface area (Å²) in [6, 6.07) is 0. The Hall–Kier alpha value is -1.10. The number of amides is 2. The van der Waals surface area contributed by atoms with Gasteiger partial charge in [-0.15, -0.1) is 0 Å². The van der Waals surface area contributed by atoms with Crippen molar-refractivity contribution in [3.05, 3.63) is 0 Å². The molecule has 5 heteroatoms. The topological polar surface area (TPSA) is 70.2 Å². The number of carbonyl (C=O) groups excluding carboxylic acids is 2. The third-order valence-corrected chi connectivity index (χ3v) is 1.65. The van der Waals surface area contributed by atoms with E-state index in [4.69, 9.17) is 0 Å². The molecule has 0 unspecified atom stereocenters. The molecule has 0 aliphatic rings. The van der Waals surface area contributed by atoms with Gasteiger partial charge in [0.2, 0.25) is 11.8 Å². The second-order valence-electron chi connectivity index (χ2n) is 3.75. The van der Waals surface area contributed by atoms with Gasteiger partial charge < -0.3 is 10.6 Å². The third kappa shape index (κ3) is 9.21. The van der Waals surface area contributed by atoms with E-state index in [9.17, 15) is 9.59 Å². The van der Waals surface area contributed by atoms with Crippen molar-refractivity contribution in [2.75, 3.05) is 26.2 Å². The van der Waals surface area contributed by atoms with Crippen molar-refractivity contribution in [1.82, 2.24) is 16.0 Å². The molecule has 0 atom stereocenters. The van der Waals surface area contributed by atoms with Crippen LogP contribution >= 0.6 is 0 Å². The number of likely N-dealkylation sites (N-methyl/N-ethyl adjacent to an activating group) is 1. The first-order chi connectivity index (χ1) is 7.06. The van der Waals surface area contributed by atoms with Crippen LogP contribution in [0.4, 0.5) is 0 Å². The Balaban J connectivity index is 3.42. The standard InChI is InChI=1S/C10H21N3O2/c1-4-12-9(14)6-11-7-10(15)13-5-8(2)3/h8,11H,4-7H2,1-3H3,(H,12,14)(H,13,15). The van der Waals surface area contributed by atoms with Crippen LogP contribution in [0.15, 0.2) is 0 Å². The quantitative estimate of drug-likeness (QED) is 0.535. The van der Waals surface area contributed by atoms with E-state index in [1.54, 1.807) is 0 Å². The Bertz CT molecular complexity index is 205. The molecule has 5 nitrogen and oxygen atoms in total. The fraction of sp³-hybridized carbons (Fsp3) is 0.800. The average molecular weight is 215 g/mol. The van der Waals surface area contributed by atoms with E-state index in [1.807, 2.05) is 20.8 Å². The molecule has 3 N–H and O–H groups in total. The van der Waals surface area contributed by atoms with E-state index < -0.39 is 0 Å². The minimum atomic E-state index is -0.0887. The predicted molar refractivity (Wildman–Crippen MR) is 59.4 cm³/mol. The summed E-state index contributed by atoms with van der Waals surface area (Å²) < 4.78 is 0. The van der Waals surface area contributed by atoms with Gasteiger partial charge in [0, 0.05) is 13.1 Å². The third-order valence-electron chi connectivity index (χ3n) is 1.65. The Morgan fingerprint density at radius 3 is 2.07 bits per heavy atom. The summed E-state index contributed by atoms with van der Waals surface area (Å²) in [5.74, 6) is 0.277. The maximum Gasteiger partial charge on any atom is 0.233 e. The number of hydrogen-bond acceptors (Lipinski definition) is 3. The molecule has 0 aromatic carbocycles. The van der Waals surface area contributed by atoms with Crippen LogP contribution in [0.3, 0.4) is 0 Å². The van der Waals surface area contributed by atoms with Crippen LogP contribution < -0.4 is 16.0 Å². The van der Waals surface area contributed by atoms with Gasteiger partial charge in [-0.1, -0.05) is 13.8 Å². The normalized spacial score (nSPS) is 10.1. The lowest BCUT2D eigenvalue weighted by molar-refractivity contribution is -0.121. The van der Waals surface area contributed by atoms with E-state index in [2.05, 4.69) is 16.0 Å². The molecule has 0 aliphatic heterocycles. The molecule has 0 aromatic rings. The van der Waals surface area contributed by atoms with E-state index in [1.165, 1.54) is 0 Å². The lowest BCUT2D eigenvalue weighted by Crippen LogP contribution is -2.40. The van der Waals surface area contributed by atoms with E-state index in [0.29, 0.717) is 19.0 Å². The molecule has 15 heavy (non-hydrogen) atoms. The summed E-state index contributed by atoms with van der Waals surface area (Å²) in [6.45, 7) is 7.56. The Kier molecular flexibility index (Phi) is 7.62. The lowest BCUT2D eigenvalue weighted by atomic mass is 10.2. The lowest BCUT2D eigenvalue weighted by Gasteiger charge is -2.08. The maximum absolute atomic E-state index is 11.2. The van der Waals surface area contributed by atoms with Crippen molar-refractivity contribution >= 4 is 11.8 Å². The highest BCUT2D eigenvalue weighted by molar-refractivity contribution is 5.80. The van der Waals surface area contributed by atoms with Crippen LogP contribution in [0, 0.1) is 5.92 Å². The maximum atomic E-state index is 11.2. The van der Waals surface area contributed by atoms with E-state index in [0.717, 1.165) is 0 Å². The largest absolute Gasteiger partial charge is 0.355 e. The number of carbonyl (C=O) groups is 2. The molecule has 0 fully saturated rings. The van der Waals surface area contributed by atoms with Crippen LogP contribution in [0.5, 0.6) is 0 Å². The van der Waals surface area contributed by atoms with Crippen LogP contribution in [-0.2, 0) is 9.59 Å². The number of nitrogens with one attached hydrogen (secondary N) is 3. The highest BCUT2D eigenvalue weighted by Crippen LogP contribution is 1.85. The summed E-state index contributed by atoms with van der Waals surface area (Å²) >= 11 is 0. The Labute approximate surface area is 91.0 Å². The van der Waals surface area contributed by atoms with Crippen LogP contribution in [0.1, 0.15) is 20.8 Å². The SMILES string of the molecule is CCNC(=O)CNCC(=O)NCC(C)C. The molecule has 0 saturated carbocycles. The van der Waals surface area contributed by atoms with Crippen molar-refractivity contribution in [2.24, 2.45) is 5.92 Å². The van der Waals surface area contributed by atoms with E-state index >= 15 is 0 Å². The zero-order chi connectivity index (χ0) is 11.7. The van der Waals surface area contributed by atoms with Crippen molar-refractivity contribution in [2.45, 2.75) is 20.8 Å².